The average molecular weight is 390 g/mol. The summed E-state index contributed by atoms with van der Waals surface area (Å²) in [5.41, 5.74) is 5.74. The summed E-state index contributed by atoms with van der Waals surface area (Å²) in [7, 11) is -3.52. The van der Waals surface area contributed by atoms with Gasteiger partial charge in [0.1, 0.15) is 0 Å². The lowest BCUT2D eigenvalue weighted by Gasteiger charge is -2.31. The molecular weight excluding hydrogens is 362 g/mol. The molecular formula is C17H28ClN3O3S. The Bertz CT molecular complexity index is 674. The minimum absolute atomic E-state index is 0. The molecule has 0 radical (unpaired) electrons. The number of amides is 1. The molecule has 0 saturated carbocycles. The third-order valence-corrected chi connectivity index (χ3v) is 6.26. The quantitative estimate of drug-likeness (QED) is 0.852. The number of rotatable bonds is 3. The van der Waals surface area contributed by atoms with E-state index in [1.807, 2.05) is 20.8 Å². The van der Waals surface area contributed by atoms with Crippen LogP contribution >= 0.6 is 12.4 Å². The summed E-state index contributed by atoms with van der Waals surface area (Å²) in [6.45, 7) is 7.39. The fourth-order valence-corrected chi connectivity index (χ4v) is 4.15. The van der Waals surface area contributed by atoms with Crippen LogP contribution in [0.15, 0.2) is 35.2 Å². The number of nitrogens with zero attached hydrogens (tertiary/aromatic N) is 2. The molecule has 1 amide bonds. The number of halogens is 1. The number of sulfonamides is 1. The molecule has 1 atom stereocenters. The molecule has 0 bridgehead atoms. The predicted octanol–water partition coefficient (Wildman–Crippen LogP) is 1.70. The van der Waals surface area contributed by atoms with Crippen LogP contribution in [-0.2, 0) is 14.8 Å². The third kappa shape index (κ3) is 5.17. The number of nitrogens with two attached hydrogens (primary N) is 1. The Balaban J connectivity index is 0.00000312. The summed E-state index contributed by atoms with van der Waals surface area (Å²) < 4.78 is 26.9. The molecule has 25 heavy (non-hydrogen) atoms. The molecule has 0 aromatic heterocycles. The van der Waals surface area contributed by atoms with Gasteiger partial charge in [0.15, 0.2) is 0 Å². The lowest BCUT2D eigenvalue weighted by atomic mass is 9.86. The topological polar surface area (TPSA) is 83.7 Å². The molecule has 0 aliphatic carbocycles. The van der Waals surface area contributed by atoms with E-state index in [2.05, 4.69) is 0 Å². The zero-order valence-corrected chi connectivity index (χ0v) is 16.6. The van der Waals surface area contributed by atoms with Gasteiger partial charge in [-0.05, 0) is 24.0 Å². The molecule has 0 spiro atoms. The summed E-state index contributed by atoms with van der Waals surface area (Å²) in [4.78, 5) is 14.5. The summed E-state index contributed by atoms with van der Waals surface area (Å²) in [5.74, 6) is -0.110. The molecule has 1 heterocycles. The van der Waals surface area contributed by atoms with E-state index in [4.69, 9.17) is 5.73 Å². The van der Waals surface area contributed by atoms with E-state index in [0.29, 0.717) is 32.6 Å². The number of hydrogen-bond acceptors (Lipinski definition) is 4. The maximum atomic E-state index is 12.7. The van der Waals surface area contributed by atoms with Crippen LogP contribution in [0.25, 0.3) is 0 Å². The van der Waals surface area contributed by atoms with Crippen LogP contribution in [0.3, 0.4) is 0 Å². The van der Waals surface area contributed by atoms with Gasteiger partial charge in [0.2, 0.25) is 15.9 Å². The summed E-state index contributed by atoms with van der Waals surface area (Å²) in [5, 5.41) is 0. The van der Waals surface area contributed by atoms with E-state index in [1.54, 1.807) is 35.2 Å². The molecule has 8 heteroatoms. The molecule has 1 aromatic carbocycles. The smallest absolute Gasteiger partial charge is 0.243 e. The first-order valence-corrected chi connectivity index (χ1v) is 9.67. The van der Waals surface area contributed by atoms with Crippen molar-refractivity contribution in [3.8, 4) is 0 Å². The van der Waals surface area contributed by atoms with Gasteiger partial charge in [0.25, 0.3) is 0 Å². The van der Waals surface area contributed by atoms with E-state index in [1.165, 1.54) is 4.31 Å². The van der Waals surface area contributed by atoms with Crippen molar-refractivity contribution in [2.75, 3.05) is 26.2 Å². The highest BCUT2D eigenvalue weighted by Crippen LogP contribution is 2.21. The Labute approximate surface area is 156 Å². The largest absolute Gasteiger partial charge is 0.340 e. The summed E-state index contributed by atoms with van der Waals surface area (Å²) in [6, 6.07) is 7.81. The van der Waals surface area contributed by atoms with Crippen molar-refractivity contribution < 1.29 is 13.2 Å². The first kappa shape index (κ1) is 21.9. The zero-order valence-electron chi connectivity index (χ0n) is 15.0. The molecule has 1 fully saturated rings. The molecule has 6 nitrogen and oxygen atoms in total. The van der Waals surface area contributed by atoms with Crippen molar-refractivity contribution in [3.63, 3.8) is 0 Å². The maximum Gasteiger partial charge on any atom is 0.243 e. The average Bonchev–Trinajstić information content (AvgIpc) is 2.80. The van der Waals surface area contributed by atoms with E-state index < -0.39 is 16.1 Å². The SMILES string of the molecule is CC(C)(C)[C@H](N)C(=O)N1CCCN(S(=O)(=O)c2ccccc2)CC1.Cl. The van der Waals surface area contributed by atoms with Crippen molar-refractivity contribution in [1.29, 1.82) is 0 Å². The first-order chi connectivity index (χ1) is 11.1. The van der Waals surface area contributed by atoms with Gasteiger partial charge < -0.3 is 10.6 Å². The van der Waals surface area contributed by atoms with Crippen LogP contribution in [-0.4, -0.2) is 55.8 Å². The number of carbonyl (C=O) groups excluding carboxylic acids is 1. The van der Waals surface area contributed by atoms with Crippen molar-refractivity contribution in [2.24, 2.45) is 11.1 Å². The minimum Gasteiger partial charge on any atom is -0.340 e. The predicted molar refractivity (Wildman–Crippen MR) is 101 cm³/mol. The monoisotopic (exact) mass is 389 g/mol. The Hall–Kier alpha value is -1.15. The van der Waals surface area contributed by atoms with Gasteiger partial charge in [-0.1, -0.05) is 39.0 Å². The number of hydrogen-bond donors (Lipinski definition) is 1. The van der Waals surface area contributed by atoms with Crippen LogP contribution in [0.5, 0.6) is 0 Å². The highest BCUT2D eigenvalue weighted by molar-refractivity contribution is 7.89. The Morgan fingerprint density at radius 2 is 1.68 bits per heavy atom. The van der Waals surface area contributed by atoms with Crippen LogP contribution in [0.2, 0.25) is 0 Å². The summed E-state index contributed by atoms with van der Waals surface area (Å²) >= 11 is 0. The summed E-state index contributed by atoms with van der Waals surface area (Å²) in [6.07, 6.45) is 0.606. The second kappa shape index (κ2) is 8.49. The molecule has 2 rings (SSSR count). The van der Waals surface area contributed by atoms with Gasteiger partial charge in [-0.2, -0.15) is 4.31 Å². The fourth-order valence-electron chi connectivity index (χ4n) is 2.66. The number of carbonyl (C=O) groups is 1. The maximum absolute atomic E-state index is 12.7. The lowest BCUT2D eigenvalue weighted by Crippen LogP contribution is -2.51. The molecule has 1 aliphatic rings. The van der Waals surface area contributed by atoms with E-state index in [9.17, 15) is 13.2 Å². The van der Waals surface area contributed by atoms with Crippen LogP contribution in [0.1, 0.15) is 27.2 Å². The Morgan fingerprint density at radius 3 is 2.24 bits per heavy atom. The van der Waals surface area contributed by atoms with Crippen molar-refractivity contribution in [1.82, 2.24) is 9.21 Å². The van der Waals surface area contributed by atoms with Gasteiger partial charge in [0, 0.05) is 26.2 Å². The van der Waals surface area contributed by atoms with E-state index in [-0.39, 0.29) is 28.6 Å². The molecule has 1 saturated heterocycles. The second-order valence-electron chi connectivity index (χ2n) is 7.24. The standard InChI is InChI=1S/C17H27N3O3S.ClH/c1-17(2,3)15(18)16(21)19-10-7-11-20(13-12-19)24(22,23)14-8-5-4-6-9-14;/h4-6,8-9,15H,7,10-13,18H2,1-3H3;1H/t15-;/m1./s1. The molecule has 0 unspecified atom stereocenters. The van der Waals surface area contributed by atoms with Gasteiger partial charge in [-0.25, -0.2) is 8.42 Å². The van der Waals surface area contributed by atoms with Crippen molar-refractivity contribution >= 4 is 28.3 Å². The molecule has 142 valence electrons. The normalized spacial score (nSPS) is 18.2. The number of benzene rings is 1. The van der Waals surface area contributed by atoms with Crippen LogP contribution in [0.4, 0.5) is 0 Å². The van der Waals surface area contributed by atoms with E-state index >= 15 is 0 Å². The van der Waals surface area contributed by atoms with Crippen molar-refractivity contribution in [3.05, 3.63) is 30.3 Å². The Kier molecular flexibility index (Phi) is 7.43. The van der Waals surface area contributed by atoms with Crippen molar-refractivity contribution in [2.45, 2.75) is 38.1 Å². The van der Waals surface area contributed by atoms with Gasteiger partial charge in [0.05, 0.1) is 10.9 Å². The zero-order chi connectivity index (χ0) is 18.0. The third-order valence-electron chi connectivity index (χ3n) is 4.35. The minimum atomic E-state index is -3.52. The van der Waals surface area contributed by atoms with E-state index in [0.717, 1.165) is 0 Å². The first-order valence-electron chi connectivity index (χ1n) is 8.23. The lowest BCUT2D eigenvalue weighted by molar-refractivity contribution is -0.134. The highest BCUT2D eigenvalue weighted by Gasteiger charge is 2.33. The van der Waals surface area contributed by atoms with Crippen LogP contribution in [0, 0.1) is 5.41 Å². The van der Waals surface area contributed by atoms with Gasteiger partial charge >= 0.3 is 0 Å². The Morgan fingerprint density at radius 1 is 1.08 bits per heavy atom. The molecule has 1 aromatic rings. The fraction of sp³-hybridized carbons (Fsp3) is 0.588. The molecule has 1 aliphatic heterocycles. The molecule has 2 N–H and O–H groups in total. The van der Waals surface area contributed by atoms with Gasteiger partial charge in [-0.15, -0.1) is 12.4 Å². The van der Waals surface area contributed by atoms with Gasteiger partial charge in [-0.3, -0.25) is 4.79 Å². The van der Waals surface area contributed by atoms with Crippen LogP contribution < -0.4 is 5.73 Å². The highest BCUT2D eigenvalue weighted by atomic mass is 35.5. The second-order valence-corrected chi connectivity index (χ2v) is 9.18.